The summed E-state index contributed by atoms with van der Waals surface area (Å²) < 4.78 is 1.20. The Morgan fingerprint density at radius 2 is 2.32 bits per heavy atom. The Bertz CT molecular complexity index is 380. The summed E-state index contributed by atoms with van der Waals surface area (Å²) in [6.07, 6.45) is 5.55. The van der Waals surface area contributed by atoms with E-state index < -0.39 is 0 Å². The van der Waals surface area contributed by atoms with Crippen molar-refractivity contribution in [3.8, 4) is 0 Å². The number of thiophene rings is 1. The van der Waals surface area contributed by atoms with Crippen molar-refractivity contribution >= 4 is 27.3 Å². The molecule has 0 amide bonds. The van der Waals surface area contributed by atoms with E-state index in [0.29, 0.717) is 0 Å². The Morgan fingerprint density at radius 1 is 1.47 bits per heavy atom. The smallest absolute Gasteiger partial charge is 0.0325 e. The molecule has 2 unspecified atom stereocenters. The minimum absolute atomic E-state index is 0.757. The van der Waals surface area contributed by atoms with Gasteiger partial charge in [0.25, 0.3) is 0 Å². The number of halogens is 1. The molecule has 1 aliphatic rings. The molecule has 1 fully saturated rings. The second-order valence-corrected chi connectivity index (χ2v) is 7.80. The zero-order valence-corrected chi connectivity index (χ0v) is 14.4. The predicted octanol–water partition coefficient (Wildman–Crippen LogP) is 4.11. The average Bonchev–Trinajstić information content (AvgIpc) is 2.75. The fourth-order valence-electron chi connectivity index (χ4n) is 2.86. The van der Waals surface area contributed by atoms with E-state index in [-0.39, 0.29) is 0 Å². The van der Waals surface area contributed by atoms with Crippen LogP contribution in [0, 0.1) is 5.92 Å². The Kier molecular flexibility index (Phi) is 6.33. The van der Waals surface area contributed by atoms with Crippen molar-refractivity contribution in [3.05, 3.63) is 20.8 Å². The van der Waals surface area contributed by atoms with Crippen molar-refractivity contribution in [2.24, 2.45) is 5.92 Å². The van der Waals surface area contributed by atoms with Crippen LogP contribution in [0.15, 0.2) is 15.9 Å². The first-order valence-corrected chi connectivity index (χ1v) is 8.95. The van der Waals surface area contributed by atoms with Crippen LogP contribution in [-0.4, -0.2) is 31.1 Å². The topological polar surface area (TPSA) is 15.3 Å². The number of nitrogens with zero attached hydrogens (tertiary/aromatic N) is 1. The normalized spacial score (nSPS) is 24.0. The molecule has 1 heterocycles. The second-order valence-electron chi connectivity index (χ2n) is 5.89. The number of hydrogen-bond acceptors (Lipinski definition) is 3. The van der Waals surface area contributed by atoms with Crippen molar-refractivity contribution in [3.63, 3.8) is 0 Å². The molecule has 0 radical (unpaired) electrons. The molecule has 2 atom stereocenters. The molecule has 1 aromatic heterocycles. The highest BCUT2D eigenvalue weighted by Crippen LogP contribution is 2.23. The lowest BCUT2D eigenvalue weighted by atomic mass is 9.87. The Labute approximate surface area is 129 Å². The van der Waals surface area contributed by atoms with Gasteiger partial charge in [0.05, 0.1) is 0 Å². The van der Waals surface area contributed by atoms with Crippen LogP contribution in [0.3, 0.4) is 0 Å². The number of rotatable bonds is 6. The maximum atomic E-state index is 3.73. The number of hydrogen-bond donors (Lipinski definition) is 1. The van der Waals surface area contributed by atoms with E-state index >= 15 is 0 Å². The van der Waals surface area contributed by atoms with Crippen LogP contribution < -0.4 is 5.32 Å². The van der Waals surface area contributed by atoms with E-state index in [9.17, 15) is 0 Å². The molecule has 1 aromatic rings. The molecule has 1 N–H and O–H groups in total. The van der Waals surface area contributed by atoms with Gasteiger partial charge in [-0.3, -0.25) is 0 Å². The SMILES string of the molecule is CC1CCCC(NCCN(C)Cc2cc(Br)cs2)C1. The van der Waals surface area contributed by atoms with E-state index in [1.807, 2.05) is 11.3 Å². The predicted molar refractivity (Wildman–Crippen MR) is 87.8 cm³/mol. The van der Waals surface area contributed by atoms with Gasteiger partial charge in [-0.25, -0.2) is 0 Å². The molecule has 2 rings (SSSR count). The molecule has 0 bridgehead atoms. The fourth-order valence-corrected chi connectivity index (χ4v) is 4.39. The maximum absolute atomic E-state index is 3.73. The summed E-state index contributed by atoms with van der Waals surface area (Å²) in [6.45, 7) is 5.68. The molecule has 1 aliphatic carbocycles. The molecule has 0 aliphatic heterocycles. The highest BCUT2D eigenvalue weighted by molar-refractivity contribution is 9.10. The zero-order valence-electron chi connectivity index (χ0n) is 12.0. The van der Waals surface area contributed by atoms with Crippen molar-refractivity contribution in [1.29, 1.82) is 0 Å². The van der Waals surface area contributed by atoms with Gasteiger partial charge in [0.2, 0.25) is 0 Å². The quantitative estimate of drug-likeness (QED) is 0.835. The van der Waals surface area contributed by atoms with Gasteiger partial charge in [0.15, 0.2) is 0 Å². The van der Waals surface area contributed by atoms with Crippen LogP contribution in [0.1, 0.15) is 37.5 Å². The van der Waals surface area contributed by atoms with Crippen LogP contribution in [0.25, 0.3) is 0 Å². The molecular formula is C15H25BrN2S. The van der Waals surface area contributed by atoms with E-state index in [4.69, 9.17) is 0 Å². The van der Waals surface area contributed by atoms with Crippen molar-refractivity contribution < 1.29 is 0 Å². The summed E-state index contributed by atoms with van der Waals surface area (Å²) in [5, 5.41) is 5.88. The molecule has 108 valence electrons. The molecule has 0 spiro atoms. The lowest BCUT2D eigenvalue weighted by Crippen LogP contribution is -2.38. The summed E-state index contributed by atoms with van der Waals surface area (Å²) in [6, 6.07) is 2.98. The summed E-state index contributed by atoms with van der Waals surface area (Å²) in [4.78, 5) is 3.83. The number of likely N-dealkylation sites (N-methyl/N-ethyl adjacent to an activating group) is 1. The van der Waals surface area contributed by atoms with Crippen molar-refractivity contribution in [2.75, 3.05) is 20.1 Å². The lowest BCUT2D eigenvalue weighted by molar-refractivity contribution is 0.275. The number of nitrogens with one attached hydrogen (secondary N) is 1. The van der Waals surface area contributed by atoms with E-state index in [1.165, 1.54) is 35.0 Å². The van der Waals surface area contributed by atoms with Crippen LogP contribution in [0.4, 0.5) is 0 Å². The summed E-state index contributed by atoms with van der Waals surface area (Å²) in [7, 11) is 2.21. The van der Waals surface area contributed by atoms with Gasteiger partial charge in [-0.2, -0.15) is 0 Å². The van der Waals surface area contributed by atoms with Crippen LogP contribution in [-0.2, 0) is 6.54 Å². The molecule has 19 heavy (non-hydrogen) atoms. The monoisotopic (exact) mass is 344 g/mol. The first kappa shape index (κ1) is 15.5. The molecule has 1 saturated carbocycles. The third kappa shape index (κ3) is 5.54. The standard InChI is InChI=1S/C15H25BrN2S/c1-12-4-3-5-14(8-12)17-6-7-18(2)10-15-9-13(16)11-19-15/h9,11-12,14,17H,3-8,10H2,1-2H3. The Hall–Kier alpha value is 0.1000. The van der Waals surface area contributed by atoms with Gasteiger partial charge in [0, 0.05) is 40.4 Å². The van der Waals surface area contributed by atoms with Crippen molar-refractivity contribution in [1.82, 2.24) is 10.2 Å². The minimum Gasteiger partial charge on any atom is -0.313 e. The highest BCUT2D eigenvalue weighted by Gasteiger charge is 2.17. The molecular weight excluding hydrogens is 320 g/mol. The summed E-state index contributed by atoms with van der Waals surface area (Å²) in [5.41, 5.74) is 0. The second kappa shape index (κ2) is 7.77. The largest absolute Gasteiger partial charge is 0.313 e. The van der Waals surface area contributed by atoms with Crippen molar-refractivity contribution in [2.45, 2.75) is 45.2 Å². The summed E-state index contributed by atoms with van der Waals surface area (Å²) >= 11 is 5.34. The van der Waals surface area contributed by atoms with Gasteiger partial charge < -0.3 is 10.2 Å². The minimum atomic E-state index is 0.757. The molecule has 0 aromatic carbocycles. The third-order valence-corrected chi connectivity index (χ3v) is 5.59. The van der Waals surface area contributed by atoms with E-state index in [2.05, 4.69) is 51.6 Å². The average molecular weight is 345 g/mol. The van der Waals surface area contributed by atoms with Gasteiger partial charge in [-0.15, -0.1) is 11.3 Å². The molecule has 2 nitrogen and oxygen atoms in total. The van der Waals surface area contributed by atoms with E-state index in [0.717, 1.165) is 31.6 Å². The van der Waals surface area contributed by atoms with Gasteiger partial charge in [-0.1, -0.05) is 19.8 Å². The molecule has 0 saturated heterocycles. The molecule has 4 heteroatoms. The highest BCUT2D eigenvalue weighted by atomic mass is 79.9. The third-order valence-electron chi connectivity index (χ3n) is 3.91. The zero-order chi connectivity index (χ0) is 13.7. The first-order valence-electron chi connectivity index (χ1n) is 7.28. The van der Waals surface area contributed by atoms with E-state index in [1.54, 1.807) is 0 Å². The first-order chi connectivity index (χ1) is 9.13. The fraction of sp³-hybridized carbons (Fsp3) is 0.733. The lowest BCUT2D eigenvalue weighted by Gasteiger charge is -2.28. The van der Waals surface area contributed by atoms with Crippen LogP contribution in [0.2, 0.25) is 0 Å². The van der Waals surface area contributed by atoms with Gasteiger partial charge in [0.1, 0.15) is 0 Å². The van der Waals surface area contributed by atoms with Crippen LogP contribution in [0.5, 0.6) is 0 Å². The maximum Gasteiger partial charge on any atom is 0.0325 e. The van der Waals surface area contributed by atoms with Crippen LogP contribution >= 0.6 is 27.3 Å². The van der Waals surface area contributed by atoms with Gasteiger partial charge >= 0.3 is 0 Å². The summed E-state index contributed by atoms with van der Waals surface area (Å²) in [5.74, 6) is 0.910. The Balaban J connectivity index is 1.62. The van der Waals surface area contributed by atoms with Gasteiger partial charge in [-0.05, 0) is 47.8 Å². The Morgan fingerprint density at radius 3 is 3.00 bits per heavy atom.